The second-order valence-corrected chi connectivity index (χ2v) is 8.79. The van der Waals surface area contributed by atoms with Gasteiger partial charge in [0.05, 0.1) is 13.7 Å². The topological polar surface area (TPSA) is 113 Å². The van der Waals surface area contributed by atoms with Crippen LogP contribution >= 0.6 is 0 Å². The molecule has 4 rings (SSSR count). The third kappa shape index (κ3) is 5.84. The van der Waals surface area contributed by atoms with Crippen molar-refractivity contribution < 1.29 is 28.3 Å². The molecule has 3 aromatic rings. The van der Waals surface area contributed by atoms with Gasteiger partial charge in [-0.25, -0.2) is 0 Å². The van der Waals surface area contributed by atoms with E-state index in [4.69, 9.17) is 18.7 Å². The highest BCUT2D eigenvalue weighted by atomic mass is 16.5. The number of methoxy groups -OCH3 is 1. The van der Waals surface area contributed by atoms with Crippen molar-refractivity contribution >= 4 is 11.9 Å². The van der Waals surface area contributed by atoms with Gasteiger partial charge < -0.3 is 24.1 Å². The van der Waals surface area contributed by atoms with Crippen molar-refractivity contribution in [3.8, 4) is 22.9 Å². The Hall–Kier alpha value is -3.88. The minimum absolute atomic E-state index is 0.0831. The lowest BCUT2D eigenvalue weighted by molar-refractivity contribution is -0.148. The van der Waals surface area contributed by atoms with Gasteiger partial charge in [-0.15, -0.1) is 0 Å². The normalized spacial score (nSPS) is 19.4. The number of rotatable bonds is 8. The molecule has 0 aliphatic heterocycles. The maximum absolute atomic E-state index is 13.3. The molecule has 9 nitrogen and oxygen atoms in total. The Morgan fingerprint density at radius 1 is 1.14 bits per heavy atom. The van der Waals surface area contributed by atoms with E-state index >= 15 is 0 Å². The fraction of sp³-hybridized carbons (Fsp3) is 0.407. The van der Waals surface area contributed by atoms with E-state index in [1.807, 2.05) is 31.2 Å². The van der Waals surface area contributed by atoms with Crippen LogP contribution < -0.4 is 14.8 Å². The molecule has 190 valence electrons. The number of hydrogen-bond acceptors (Lipinski definition) is 8. The highest BCUT2D eigenvalue weighted by Crippen LogP contribution is 2.39. The molecule has 0 saturated heterocycles. The Labute approximate surface area is 210 Å². The summed E-state index contributed by atoms with van der Waals surface area (Å²) >= 11 is 0. The standard InChI is InChI=1S/C27H31N3O6/c1-5-34-25-14-18(9-12-24(25)33-4)22-15-21(35-17(3)31)10-11-23(22)29-27(32)20-8-6-7-19(13-20)26-28-16(2)36-30-26/h6-9,12-14,21-23H,5,10-11,15H2,1-4H3,(H,29,32). The molecule has 0 bridgehead atoms. The Morgan fingerprint density at radius 2 is 1.97 bits per heavy atom. The summed E-state index contributed by atoms with van der Waals surface area (Å²) in [5.41, 5.74) is 2.18. The van der Waals surface area contributed by atoms with Crippen LogP contribution in [0.4, 0.5) is 0 Å². The van der Waals surface area contributed by atoms with Crippen molar-refractivity contribution in [1.29, 1.82) is 0 Å². The van der Waals surface area contributed by atoms with Crippen LogP contribution in [-0.2, 0) is 9.53 Å². The summed E-state index contributed by atoms with van der Waals surface area (Å²) in [5.74, 6) is 1.58. The molecule has 3 unspecified atom stereocenters. The average Bonchev–Trinajstić information content (AvgIpc) is 3.31. The fourth-order valence-corrected chi connectivity index (χ4v) is 4.67. The van der Waals surface area contributed by atoms with Crippen LogP contribution in [-0.4, -0.2) is 47.9 Å². The van der Waals surface area contributed by atoms with Gasteiger partial charge in [-0.3, -0.25) is 9.59 Å². The van der Waals surface area contributed by atoms with Gasteiger partial charge in [0, 0.05) is 36.9 Å². The highest BCUT2D eigenvalue weighted by Gasteiger charge is 2.34. The summed E-state index contributed by atoms with van der Waals surface area (Å²) in [6.45, 7) is 5.55. The van der Waals surface area contributed by atoms with Crippen molar-refractivity contribution in [2.24, 2.45) is 0 Å². The summed E-state index contributed by atoms with van der Waals surface area (Å²) in [6.07, 6.45) is 1.69. The first kappa shape index (κ1) is 25.2. The molecule has 2 aromatic carbocycles. The van der Waals surface area contributed by atoms with E-state index in [9.17, 15) is 9.59 Å². The second kappa shape index (κ2) is 11.2. The molecule has 1 fully saturated rings. The lowest BCUT2D eigenvalue weighted by Gasteiger charge is -2.36. The molecule has 1 saturated carbocycles. The molecule has 0 spiro atoms. The zero-order valence-electron chi connectivity index (χ0n) is 20.9. The molecule has 1 N–H and O–H groups in total. The molecule has 36 heavy (non-hydrogen) atoms. The number of hydrogen-bond donors (Lipinski definition) is 1. The van der Waals surface area contributed by atoms with Crippen LogP contribution in [0.3, 0.4) is 0 Å². The number of nitrogens with one attached hydrogen (secondary N) is 1. The first-order valence-electron chi connectivity index (χ1n) is 12.1. The van der Waals surface area contributed by atoms with Gasteiger partial charge in [-0.1, -0.05) is 23.4 Å². The number of benzene rings is 2. The Morgan fingerprint density at radius 3 is 2.67 bits per heavy atom. The summed E-state index contributed by atoms with van der Waals surface area (Å²) in [7, 11) is 1.60. The summed E-state index contributed by atoms with van der Waals surface area (Å²) in [6, 6.07) is 12.8. The van der Waals surface area contributed by atoms with Gasteiger partial charge in [0.15, 0.2) is 11.5 Å². The van der Waals surface area contributed by atoms with Gasteiger partial charge >= 0.3 is 5.97 Å². The Balaban J connectivity index is 1.59. The lowest BCUT2D eigenvalue weighted by Crippen LogP contribution is -2.44. The molecular weight excluding hydrogens is 462 g/mol. The third-order valence-corrected chi connectivity index (χ3v) is 6.28. The van der Waals surface area contributed by atoms with Crippen LogP contribution in [0.25, 0.3) is 11.4 Å². The third-order valence-electron chi connectivity index (χ3n) is 6.28. The average molecular weight is 494 g/mol. The summed E-state index contributed by atoms with van der Waals surface area (Å²) in [4.78, 5) is 29.2. The van der Waals surface area contributed by atoms with Gasteiger partial charge in [0.25, 0.3) is 5.91 Å². The van der Waals surface area contributed by atoms with Crippen molar-refractivity contribution in [2.45, 2.75) is 58.1 Å². The molecule has 1 aromatic heterocycles. The Kier molecular flexibility index (Phi) is 7.87. The van der Waals surface area contributed by atoms with E-state index in [0.717, 1.165) is 5.56 Å². The first-order chi connectivity index (χ1) is 17.4. The molecule has 3 atom stereocenters. The van der Waals surface area contributed by atoms with Gasteiger partial charge in [-0.2, -0.15) is 4.98 Å². The predicted molar refractivity (Wildman–Crippen MR) is 132 cm³/mol. The number of nitrogens with zero attached hydrogens (tertiary/aromatic N) is 2. The number of amides is 1. The number of aryl methyl sites for hydroxylation is 1. The second-order valence-electron chi connectivity index (χ2n) is 8.79. The molecule has 9 heteroatoms. The van der Waals surface area contributed by atoms with E-state index in [1.165, 1.54) is 6.92 Å². The van der Waals surface area contributed by atoms with E-state index in [-0.39, 0.29) is 29.9 Å². The van der Waals surface area contributed by atoms with E-state index in [1.54, 1.807) is 32.2 Å². The van der Waals surface area contributed by atoms with Crippen LogP contribution in [0.2, 0.25) is 0 Å². The quantitative estimate of drug-likeness (QED) is 0.458. The van der Waals surface area contributed by atoms with Gasteiger partial charge in [0.1, 0.15) is 6.10 Å². The highest BCUT2D eigenvalue weighted by molar-refractivity contribution is 5.95. The smallest absolute Gasteiger partial charge is 0.302 e. The number of ether oxygens (including phenoxy) is 3. The van der Waals surface area contributed by atoms with Crippen LogP contribution in [0.1, 0.15) is 60.8 Å². The van der Waals surface area contributed by atoms with Crippen molar-refractivity contribution in [3.63, 3.8) is 0 Å². The zero-order valence-corrected chi connectivity index (χ0v) is 20.9. The summed E-state index contributed by atoms with van der Waals surface area (Å²) in [5, 5.41) is 7.15. The minimum atomic E-state index is -0.306. The number of aromatic nitrogens is 2. The molecule has 1 aliphatic rings. The van der Waals surface area contributed by atoms with Crippen LogP contribution in [0.15, 0.2) is 47.0 Å². The van der Waals surface area contributed by atoms with Crippen LogP contribution in [0.5, 0.6) is 11.5 Å². The van der Waals surface area contributed by atoms with E-state index in [2.05, 4.69) is 15.5 Å². The molecular formula is C27H31N3O6. The maximum Gasteiger partial charge on any atom is 0.302 e. The van der Waals surface area contributed by atoms with Gasteiger partial charge in [-0.05, 0) is 56.0 Å². The van der Waals surface area contributed by atoms with Crippen LogP contribution in [0, 0.1) is 6.92 Å². The number of carbonyl (C=O) groups excluding carboxylic acids is 2. The minimum Gasteiger partial charge on any atom is -0.493 e. The number of carbonyl (C=O) groups is 2. The largest absolute Gasteiger partial charge is 0.493 e. The van der Waals surface area contributed by atoms with Crippen molar-refractivity contribution in [1.82, 2.24) is 15.5 Å². The number of esters is 1. The SMILES string of the molecule is CCOc1cc(C2CC(OC(C)=O)CCC2NC(=O)c2cccc(-c3noc(C)n3)c2)ccc1OC. The van der Waals surface area contributed by atoms with E-state index < -0.39 is 0 Å². The molecule has 0 radical (unpaired) electrons. The zero-order chi connectivity index (χ0) is 25.7. The lowest BCUT2D eigenvalue weighted by atomic mass is 9.78. The molecule has 1 amide bonds. The van der Waals surface area contributed by atoms with Crippen molar-refractivity contribution in [2.75, 3.05) is 13.7 Å². The Bertz CT molecular complexity index is 1220. The summed E-state index contributed by atoms with van der Waals surface area (Å²) < 4.78 is 21.8. The first-order valence-corrected chi connectivity index (χ1v) is 12.1. The van der Waals surface area contributed by atoms with Gasteiger partial charge in [0.2, 0.25) is 11.7 Å². The monoisotopic (exact) mass is 493 g/mol. The maximum atomic E-state index is 13.3. The van der Waals surface area contributed by atoms with E-state index in [0.29, 0.717) is 60.2 Å². The predicted octanol–water partition coefficient (Wildman–Crippen LogP) is 4.45. The van der Waals surface area contributed by atoms with Crippen molar-refractivity contribution in [3.05, 3.63) is 59.5 Å². The fourth-order valence-electron chi connectivity index (χ4n) is 4.67. The molecule has 1 heterocycles. The molecule has 1 aliphatic carbocycles.